The number of aliphatic hydroxyl groups excluding tert-OH is 1. The lowest BCUT2D eigenvalue weighted by Gasteiger charge is -1.86. The van der Waals surface area contributed by atoms with Gasteiger partial charge in [0.2, 0.25) is 0 Å². The summed E-state index contributed by atoms with van der Waals surface area (Å²) in [5.74, 6) is 0. The van der Waals surface area contributed by atoms with Crippen molar-refractivity contribution >= 4 is 0 Å². The van der Waals surface area contributed by atoms with Gasteiger partial charge >= 0.3 is 0 Å². The molecule has 0 aromatic heterocycles. The minimum Gasteiger partial charge on any atom is -0.382 e. The van der Waals surface area contributed by atoms with Crippen molar-refractivity contribution in [2.24, 2.45) is 0 Å². The number of hydrogen-bond acceptors (Lipinski definition) is 3. The molecule has 0 rings (SSSR count). The Morgan fingerprint density at radius 1 is 1.22 bits per heavy atom. The van der Waals surface area contributed by atoms with E-state index in [4.69, 9.17) is 14.9 Å². The second kappa shape index (κ2) is 10.8. The maximum absolute atomic E-state index is 7.61. The first kappa shape index (κ1) is 11.6. The molecule has 0 bridgehead atoms. The lowest BCUT2D eigenvalue weighted by Crippen LogP contribution is -1.92. The Morgan fingerprint density at radius 2 is 1.44 bits per heavy atom. The van der Waals surface area contributed by atoms with E-state index >= 15 is 0 Å². The fourth-order valence-electron chi connectivity index (χ4n) is 0.204. The van der Waals surface area contributed by atoms with Gasteiger partial charge in [0.15, 0.2) is 0 Å². The van der Waals surface area contributed by atoms with E-state index < -0.39 is 6.29 Å². The van der Waals surface area contributed by atoms with E-state index in [2.05, 4.69) is 0 Å². The normalized spacial score (nSPS) is 8.67. The Kier molecular flexibility index (Phi) is 14.0. The molecule has 0 aromatic carbocycles. The van der Waals surface area contributed by atoms with E-state index in [-0.39, 0.29) is 0 Å². The number of hydrogen-bond donors (Lipinski definition) is 2. The SMILES string of the molecule is CC(O)O.CCOCC. The molecule has 3 heteroatoms. The van der Waals surface area contributed by atoms with Crippen LogP contribution >= 0.6 is 0 Å². The summed E-state index contributed by atoms with van der Waals surface area (Å²) in [5.41, 5.74) is 0. The average Bonchev–Trinajstić information content (AvgIpc) is 1.66. The van der Waals surface area contributed by atoms with Gasteiger partial charge in [0.05, 0.1) is 0 Å². The number of rotatable bonds is 2. The van der Waals surface area contributed by atoms with Crippen LogP contribution in [0.4, 0.5) is 0 Å². The van der Waals surface area contributed by atoms with Crippen LogP contribution in [-0.4, -0.2) is 29.7 Å². The molecule has 58 valence electrons. The summed E-state index contributed by atoms with van der Waals surface area (Å²) >= 11 is 0. The van der Waals surface area contributed by atoms with E-state index in [0.717, 1.165) is 13.2 Å². The first-order valence-corrected chi connectivity index (χ1v) is 3.09. The van der Waals surface area contributed by atoms with Crippen LogP contribution in [-0.2, 0) is 4.74 Å². The highest BCUT2D eigenvalue weighted by Crippen LogP contribution is 1.64. The lowest BCUT2D eigenvalue weighted by molar-refractivity contribution is -0.0228. The van der Waals surface area contributed by atoms with E-state index in [1.807, 2.05) is 13.8 Å². The maximum atomic E-state index is 7.61. The number of ether oxygens (including phenoxy) is 1. The molecule has 0 aromatic rings. The van der Waals surface area contributed by atoms with Crippen molar-refractivity contribution in [3.05, 3.63) is 0 Å². The van der Waals surface area contributed by atoms with Gasteiger partial charge in [-0.3, -0.25) is 0 Å². The molecule has 0 aliphatic carbocycles. The Hall–Kier alpha value is -0.120. The smallest absolute Gasteiger partial charge is 0.148 e. The summed E-state index contributed by atoms with van der Waals surface area (Å²) in [6, 6.07) is 0. The van der Waals surface area contributed by atoms with Gasteiger partial charge in [0.25, 0.3) is 0 Å². The summed E-state index contributed by atoms with van der Waals surface area (Å²) in [4.78, 5) is 0. The molecule has 2 N–H and O–H groups in total. The molecule has 0 atom stereocenters. The molecule has 0 spiro atoms. The minimum atomic E-state index is -1.17. The molecular weight excluding hydrogens is 120 g/mol. The topological polar surface area (TPSA) is 49.7 Å². The fourth-order valence-corrected chi connectivity index (χ4v) is 0.204. The van der Waals surface area contributed by atoms with Crippen LogP contribution in [0.25, 0.3) is 0 Å². The third-order valence-corrected chi connectivity index (χ3v) is 0.408. The van der Waals surface area contributed by atoms with Crippen molar-refractivity contribution in [1.29, 1.82) is 0 Å². The molecule has 0 unspecified atom stereocenters. The largest absolute Gasteiger partial charge is 0.382 e. The predicted molar refractivity (Wildman–Crippen MR) is 36.1 cm³/mol. The van der Waals surface area contributed by atoms with Gasteiger partial charge in [-0.2, -0.15) is 0 Å². The first-order chi connectivity index (χ1) is 4.15. The van der Waals surface area contributed by atoms with E-state index in [1.165, 1.54) is 6.92 Å². The molecule has 0 saturated carbocycles. The van der Waals surface area contributed by atoms with E-state index in [0.29, 0.717) is 0 Å². The third-order valence-electron chi connectivity index (χ3n) is 0.408. The summed E-state index contributed by atoms with van der Waals surface area (Å²) in [5, 5.41) is 15.2. The van der Waals surface area contributed by atoms with Gasteiger partial charge in [0.1, 0.15) is 6.29 Å². The van der Waals surface area contributed by atoms with Crippen LogP contribution in [0.2, 0.25) is 0 Å². The molecule has 3 nitrogen and oxygen atoms in total. The average molecular weight is 136 g/mol. The molecule has 0 aliphatic rings. The number of aliphatic hydroxyl groups is 2. The Balaban J connectivity index is 0. The molecule has 0 saturated heterocycles. The van der Waals surface area contributed by atoms with Crippen LogP contribution in [0, 0.1) is 0 Å². The van der Waals surface area contributed by atoms with Crippen molar-refractivity contribution in [3.63, 3.8) is 0 Å². The van der Waals surface area contributed by atoms with Gasteiger partial charge in [-0.1, -0.05) is 0 Å². The highest BCUT2D eigenvalue weighted by molar-refractivity contribution is 4.07. The van der Waals surface area contributed by atoms with Crippen LogP contribution in [0.3, 0.4) is 0 Å². The first-order valence-electron chi connectivity index (χ1n) is 3.09. The lowest BCUT2D eigenvalue weighted by atomic mass is 10.8. The van der Waals surface area contributed by atoms with E-state index in [9.17, 15) is 0 Å². The van der Waals surface area contributed by atoms with Crippen molar-refractivity contribution in [2.75, 3.05) is 13.2 Å². The molecule has 9 heavy (non-hydrogen) atoms. The zero-order valence-electron chi connectivity index (χ0n) is 6.29. The molecule has 0 fully saturated rings. The third kappa shape index (κ3) is 77.1. The summed E-state index contributed by atoms with van der Waals surface area (Å²) < 4.78 is 4.83. The molecule has 0 heterocycles. The Labute approximate surface area is 56.3 Å². The summed E-state index contributed by atoms with van der Waals surface area (Å²) in [7, 11) is 0. The van der Waals surface area contributed by atoms with Gasteiger partial charge in [-0.15, -0.1) is 0 Å². The Bertz CT molecular complexity index is 32.5. The van der Waals surface area contributed by atoms with Crippen LogP contribution in [0.15, 0.2) is 0 Å². The summed E-state index contributed by atoms with van der Waals surface area (Å²) in [6.07, 6.45) is -1.17. The van der Waals surface area contributed by atoms with Crippen molar-refractivity contribution in [1.82, 2.24) is 0 Å². The van der Waals surface area contributed by atoms with E-state index in [1.54, 1.807) is 0 Å². The molecule has 0 aliphatic heterocycles. The Morgan fingerprint density at radius 3 is 1.44 bits per heavy atom. The highest BCUT2D eigenvalue weighted by Gasteiger charge is 1.70. The second-order valence-electron chi connectivity index (χ2n) is 1.41. The standard InChI is InChI=1S/C4H10O.C2H6O2/c1-3-5-4-2;1-2(3)4/h3-4H2,1-2H3;2-4H,1H3. The quantitative estimate of drug-likeness (QED) is 0.539. The summed E-state index contributed by atoms with van der Waals surface area (Å²) in [6.45, 7) is 6.94. The second-order valence-corrected chi connectivity index (χ2v) is 1.41. The zero-order valence-corrected chi connectivity index (χ0v) is 6.29. The van der Waals surface area contributed by atoms with Gasteiger partial charge in [-0.05, 0) is 20.8 Å². The van der Waals surface area contributed by atoms with Crippen LogP contribution in [0.5, 0.6) is 0 Å². The molecule has 0 radical (unpaired) electrons. The highest BCUT2D eigenvalue weighted by atomic mass is 16.5. The van der Waals surface area contributed by atoms with Crippen LogP contribution in [0.1, 0.15) is 20.8 Å². The van der Waals surface area contributed by atoms with Gasteiger partial charge in [0, 0.05) is 13.2 Å². The minimum absolute atomic E-state index is 0.844. The predicted octanol–water partition coefficient (Wildman–Crippen LogP) is 0.360. The van der Waals surface area contributed by atoms with Crippen molar-refractivity contribution < 1.29 is 14.9 Å². The molecular formula is C6H16O3. The van der Waals surface area contributed by atoms with Gasteiger partial charge in [-0.25, -0.2) is 0 Å². The van der Waals surface area contributed by atoms with Crippen molar-refractivity contribution in [3.8, 4) is 0 Å². The monoisotopic (exact) mass is 136 g/mol. The van der Waals surface area contributed by atoms with Crippen molar-refractivity contribution in [2.45, 2.75) is 27.1 Å². The molecule has 0 amide bonds. The van der Waals surface area contributed by atoms with Crippen LogP contribution < -0.4 is 0 Å². The fraction of sp³-hybridized carbons (Fsp3) is 1.00. The maximum Gasteiger partial charge on any atom is 0.148 e. The zero-order chi connectivity index (χ0) is 7.70. The van der Waals surface area contributed by atoms with Gasteiger partial charge < -0.3 is 14.9 Å².